The molecule has 15 heavy (non-hydrogen) atoms. The quantitative estimate of drug-likeness (QED) is 0.654. The van der Waals surface area contributed by atoms with Gasteiger partial charge in [0.15, 0.2) is 0 Å². The van der Waals surface area contributed by atoms with Crippen LogP contribution < -0.4 is 11.2 Å². The van der Waals surface area contributed by atoms with Crippen LogP contribution in [0, 0.1) is 0 Å². The number of fused-ring (bicyclic) bond motifs is 1. The van der Waals surface area contributed by atoms with Crippen LogP contribution in [-0.2, 0) is 6.42 Å². The van der Waals surface area contributed by atoms with Crippen molar-refractivity contribution in [1.29, 1.82) is 0 Å². The molecule has 0 fully saturated rings. The summed E-state index contributed by atoms with van der Waals surface area (Å²) in [5, 5.41) is 0.547. The number of benzene rings is 1. The van der Waals surface area contributed by atoms with E-state index in [2.05, 4.69) is 22.6 Å². The van der Waals surface area contributed by atoms with E-state index in [1.807, 2.05) is 12.1 Å². The maximum absolute atomic E-state index is 11.6. The van der Waals surface area contributed by atoms with Crippen molar-refractivity contribution in [3.05, 3.63) is 44.6 Å². The Labute approximate surface area is 90.8 Å². The number of aryl methyl sites for hydroxylation is 1. The number of aromatic nitrogens is 2. The zero-order chi connectivity index (χ0) is 10.8. The van der Waals surface area contributed by atoms with Gasteiger partial charge < -0.3 is 4.98 Å². The third-order valence-corrected chi connectivity index (χ3v) is 2.46. The van der Waals surface area contributed by atoms with E-state index < -0.39 is 5.69 Å². The predicted molar refractivity (Wildman–Crippen MR) is 62.7 cm³/mol. The molecule has 4 nitrogen and oxygen atoms in total. The Hall–Kier alpha value is -1.49. The van der Waals surface area contributed by atoms with E-state index in [4.69, 9.17) is 0 Å². The normalized spacial score (nSPS) is 10.7. The van der Waals surface area contributed by atoms with Crippen LogP contribution in [0.2, 0.25) is 0 Å². The first-order valence-corrected chi connectivity index (χ1v) is 5.20. The highest BCUT2D eigenvalue weighted by atomic mass is 32.1. The third kappa shape index (κ3) is 1.83. The van der Waals surface area contributed by atoms with E-state index in [1.54, 1.807) is 6.07 Å². The number of hydrogen-bond donors (Lipinski definition) is 3. The van der Waals surface area contributed by atoms with Crippen molar-refractivity contribution in [1.82, 2.24) is 9.97 Å². The molecule has 5 heteroatoms. The summed E-state index contributed by atoms with van der Waals surface area (Å²) in [6.07, 6.45) is 0.704. The van der Waals surface area contributed by atoms with Gasteiger partial charge in [0.25, 0.3) is 5.56 Å². The van der Waals surface area contributed by atoms with Gasteiger partial charge >= 0.3 is 5.69 Å². The highest BCUT2D eigenvalue weighted by Crippen LogP contribution is 2.12. The van der Waals surface area contributed by atoms with Gasteiger partial charge in [0.1, 0.15) is 0 Å². The van der Waals surface area contributed by atoms with Gasteiger partial charge in [0, 0.05) is 0 Å². The molecule has 0 aliphatic heterocycles. The minimum atomic E-state index is -0.476. The molecule has 0 aliphatic rings. The fraction of sp³-hybridized carbons (Fsp3) is 0.200. The molecular formula is C10H10N2O2S. The molecular weight excluding hydrogens is 212 g/mol. The van der Waals surface area contributed by atoms with Gasteiger partial charge in [-0.2, -0.15) is 12.6 Å². The summed E-state index contributed by atoms with van der Waals surface area (Å²) in [6.45, 7) is 0. The fourth-order valence-electron chi connectivity index (χ4n) is 1.62. The van der Waals surface area contributed by atoms with E-state index in [1.165, 1.54) is 0 Å². The molecule has 0 spiro atoms. The average molecular weight is 222 g/mol. The van der Waals surface area contributed by atoms with Gasteiger partial charge in [-0.05, 0) is 23.8 Å². The van der Waals surface area contributed by atoms with Crippen molar-refractivity contribution in [3.8, 4) is 0 Å². The molecule has 1 aromatic heterocycles. The summed E-state index contributed by atoms with van der Waals surface area (Å²) >= 11 is 4.13. The Morgan fingerprint density at radius 2 is 2.00 bits per heavy atom. The van der Waals surface area contributed by atoms with Gasteiger partial charge in [0.2, 0.25) is 0 Å². The second kappa shape index (κ2) is 3.94. The number of rotatable bonds is 2. The first-order valence-electron chi connectivity index (χ1n) is 4.57. The average Bonchev–Trinajstić information content (AvgIpc) is 2.17. The monoisotopic (exact) mass is 222 g/mol. The standard InChI is InChI=1S/C10H10N2O2S/c13-9-8-6(4-5-15)2-1-3-7(8)11-10(14)12-9/h1-3,15H,4-5H2,(H2,11,12,13,14). The minimum absolute atomic E-state index is 0.342. The first-order chi connectivity index (χ1) is 7.22. The van der Waals surface area contributed by atoms with Crippen LogP contribution in [0.15, 0.2) is 27.8 Å². The van der Waals surface area contributed by atoms with Crippen LogP contribution in [0.5, 0.6) is 0 Å². The number of H-pyrrole nitrogens is 2. The molecule has 0 amide bonds. The molecule has 78 valence electrons. The molecule has 0 aliphatic carbocycles. The van der Waals surface area contributed by atoms with Crippen molar-refractivity contribution in [2.75, 3.05) is 5.75 Å². The van der Waals surface area contributed by atoms with Gasteiger partial charge in [-0.25, -0.2) is 4.79 Å². The molecule has 2 rings (SSSR count). The molecule has 0 saturated heterocycles. The molecule has 2 N–H and O–H groups in total. The lowest BCUT2D eigenvalue weighted by atomic mass is 10.1. The molecule has 1 heterocycles. The Morgan fingerprint density at radius 1 is 1.20 bits per heavy atom. The maximum Gasteiger partial charge on any atom is 0.326 e. The predicted octanol–water partition coefficient (Wildman–Crippen LogP) is 0.689. The van der Waals surface area contributed by atoms with Crippen LogP contribution in [0.1, 0.15) is 5.56 Å². The first kappa shape index (κ1) is 10.0. The summed E-state index contributed by atoms with van der Waals surface area (Å²) < 4.78 is 0. The van der Waals surface area contributed by atoms with E-state index >= 15 is 0 Å². The molecule has 1 aromatic carbocycles. The molecule has 0 radical (unpaired) electrons. The summed E-state index contributed by atoms with van der Waals surface area (Å²) in [6, 6.07) is 5.40. The Kier molecular flexibility index (Phi) is 2.64. The summed E-state index contributed by atoms with van der Waals surface area (Å²) in [7, 11) is 0. The Balaban J connectivity index is 2.85. The van der Waals surface area contributed by atoms with Gasteiger partial charge in [-0.1, -0.05) is 12.1 Å². The molecule has 2 aromatic rings. The molecule has 0 unspecified atom stereocenters. The van der Waals surface area contributed by atoms with Crippen LogP contribution in [-0.4, -0.2) is 15.7 Å². The van der Waals surface area contributed by atoms with Gasteiger partial charge in [-0.3, -0.25) is 9.78 Å². The van der Waals surface area contributed by atoms with Crippen molar-refractivity contribution < 1.29 is 0 Å². The fourth-order valence-corrected chi connectivity index (χ4v) is 1.86. The minimum Gasteiger partial charge on any atom is -0.307 e. The zero-order valence-corrected chi connectivity index (χ0v) is 8.80. The highest BCUT2D eigenvalue weighted by Gasteiger charge is 2.05. The number of aromatic amines is 2. The second-order valence-electron chi connectivity index (χ2n) is 3.22. The zero-order valence-electron chi connectivity index (χ0n) is 7.91. The van der Waals surface area contributed by atoms with Crippen molar-refractivity contribution >= 4 is 23.5 Å². The summed E-state index contributed by atoms with van der Waals surface area (Å²) in [4.78, 5) is 27.5. The van der Waals surface area contributed by atoms with Gasteiger partial charge in [-0.15, -0.1) is 0 Å². The highest BCUT2D eigenvalue weighted by molar-refractivity contribution is 7.80. The molecule has 0 saturated carbocycles. The topological polar surface area (TPSA) is 65.7 Å². The van der Waals surface area contributed by atoms with Crippen molar-refractivity contribution in [2.45, 2.75) is 6.42 Å². The van der Waals surface area contributed by atoms with Crippen molar-refractivity contribution in [3.63, 3.8) is 0 Å². The lowest BCUT2D eigenvalue weighted by Crippen LogP contribution is -2.22. The largest absolute Gasteiger partial charge is 0.326 e. The summed E-state index contributed by atoms with van der Waals surface area (Å²) in [5.41, 5.74) is 0.657. The SMILES string of the molecule is O=c1[nH]c(=O)c2c(CCS)cccc2[nH]1. The number of hydrogen-bond acceptors (Lipinski definition) is 3. The van der Waals surface area contributed by atoms with Crippen molar-refractivity contribution in [2.24, 2.45) is 0 Å². The van der Waals surface area contributed by atoms with Gasteiger partial charge in [0.05, 0.1) is 10.9 Å². The van der Waals surface area contributed by atoms with Crippen LogP contribution >= 0.6 is 12.6 Å². The number of thiol groups is 1. The summed E-state index contributed by atoms with van der Waals surface area (Å²) in [5.74, 6) is 0.664. The number of nitrogens with one attached hydrogen (secondary N) is 2. The smallest absolute Gasteiger partial charge is 0.307 e. The Morgan fingerprint density at radius 3 is 2.73 bits per heavy atom. The van der Waals surface area contributed by atoms with Crippen LogP contribution in [0.25, 0.3) is 10.9 Å². The molecule has 0 bridgehead atoms. The van der Waals surface area contributed by atoms with E-state index in [0.717, 1.165) is 5.56 Å². The van der Waals surface area contributed by atoms with Crippen LogP contribution in [0.3, 0.4) is 0 Å². The van der Waals surface area contributed by atoms with Crippen LogP contribution in [0.4, 0.5) is 0 Å². The Bertz CT molecular complexity index is 600. The lowest BCUT2D eigenvalue weighted by Gasteiger charge is -2.02. The van der Waals surface area contributed by atoms with E-state index in [0.29, 0.717) is 23.1 Å². The second-order valence-corrected chi connectivity index (χ2v) is 3.67. The molecule has 0 atom stereocenters. The lowest BCUT2D eigenvalue weighted by molar-refractivity contribution is 1.07. The van der Waals surface area contributed by atoms with E-state index in [9.17, 15) is 9.59 Å². The van der Waals surface area contributed by atoms with E-state index in [-0.39, 0.29) is 5.56 Å². The maximum atomic E-state index is 11.6. The third-order valence-electron chi connectivity index (χ3n) is 2.23.